The molecule has 3 nitrogen and oxygen atoms in total. The molecular formula is C91H114O3S5. The summed E-state index contributed by atoms with van der Waals surface area (Å²) in [7, 11) is 0. The Labute approximate surface area is 623 Å². The van der Waals surface area contributed by atoms with Gasteiger partial charge in [0, 0.05) is 81.1 Å². The van der Waals surface area contributed by atoms with Gasteiger partial charge in [0.2, 0.25) is 0 Å². The molecule has 6 atom stereocenters. The van der Waals surface area contributed by atoms with Crippen LogP contribution in [0.3, 0.4) is 0 Å². The maximum atomic E-state index is 14.0. The highest BCUT2D eigenvalue weighted by molar-refractivity contribution is 8.00. The molecule has 6 rings (SSSR count). The van der Waals surface area contributed by atoms with Crippen LogP contribution in [-0.4, -0.2) is 47.4 Å². The molecule has 0 fully saturated rings. The van der Waals surface area contributed by atoms with E-state index in [9.17, 15) is 4.79 Å². The van der Waals surface area contributed by atoms with Crippen LogP contribution in [-0.2, 0) is 9.53 Å². The largest absolute Gasteiger partial charge is 0.476 e. The maximum Gasteiger partial charge on any atom is 0.347 e. The SMILES string of the molecule is CCCCC(CC)CSc1ccc(C#Cc2c(C#Cc3ccc(SCC(CC)CCCC)cc3)c(C#Cc3ccc(SCC(CC)CCCC)cc3)c(O[C@@H](C)C(=O)OCC)c(C#Cc3ccc(SCC(CC)CCCC)cc3)c2C#Cc2ccc(SCC(CC)CCCC)cc2)cc1. The molecule has 6 aromatic rings. The smallest absolute Gasteiger partial charge is 0.347 e. The zero-order valence-electron chi connectivity index (χ0n) is 62.2. The molecule has 99 heavy (non-hydrogen) atoms. The maximum absolute atomic E-state index is 14.0. The Morgan fingerprint density at radius 3 is 0.727 bits per heavy atom. The Morgan fingerprint density at radius 2 is 0.525 bits per heavy atom. The first-order chi connectivity index (χ1) is 48.4. The van der Waals surface area contributed by atoms with Crippen LogP contribution >= 0.6 is 58.8 Å². The summed E-state index contributed by atoms with van der Waals surface area (Å²) in [5.74, 6) is 45.0. The molecule has 0 aliphatic heterocycles. The Hall–Kier alpha value is -5.86. The fourth-order valence-electron chi connectivity index (χ4n) is 11.3. The van der Waals surface area contributed by atoms with Gasteiger partial charge in [-0.1, -0.05) is 225 Å². The third-order valence-electron chi connectivity index (χ3n) is 18.4. The summed E-state index contributed by atoms with van der Waals surface area (Å²) < 4.78 is 12.8. The minimum Gasteiger partial charge on any atom is -0.476 e. The number of carbonyl (C=O) groups excluding carboxylic acids is 1. The fraction of sp³-hybridized carbons (Fsp3) is 0.484. The number of ether oxygens (including phenoxy) is 2. The third-order valence-corrected chi connectivity index (χ3v) is 24.7. The average Bonchev–Trinajstić information content (AvgIpc) is 0.761. The van der Waals surface area contributed by atoms with Crippen LogP contribution in [0.4, 0.5) is 0 Å². The van der Waals surface area contributed by atoms with Gasteiger partial charge >= 0.3 is 5.97 Å². The molecule has 0 bridgehead atoms. The minimum atomic E-state index is -1.06. The van der Waals surface area contributed by atoms with E-state index in [1.807, 2.05) is 65.7 Å². The van der Waals surface area contributed by atoms with E-state index in [1.165, 1.54) is 153 Å². The number of hydrogen-bond acceptors (Lipinski definition) is 8. The van der Waals surface area contributed by atoms with Crippen molar-refractivity contribution in [3.63, 3.8) is 0 Å². The molecule has 8 heteroatoms. The van der Waals surface area contributed by atoms with E-state index < -0.39 is 12.1 Å². The van der Waals surface area contributed by atoms with Crippen molar-refractivity contribution < 1.29 is 14.3 Å². The summed E-state index contributed by atoms with van der Waals surface area (Å²) in [6, 6.07) is 43.0. The molecule has 526 valence electrons. The molecule has 0 aliphatic carbocycles. The molecule has 6 aromatic carbocycles. The summed E-state index contributed by atoms with van der Waals surface area (Å²) in [4.78, 5) is 20.1. The fourth-order valence-corrected chi connectivity index (χ4v) is 17.1. The molecule has 0 aromatic heterocycles. The first kappa shape index (κ1) is 82.1. The number of carbonyl (C=O) groups is 1. The topological polar surface area (TPSA) is 35.5 Å². The molecule has 0 aliphatic rings. The number of esters is 1. The molecule has 0 N–H and O–H groups in total. The monoisotopic (exact) mass is 1410 g/mol. The molecule has 0 saturated carbocycles. The Kier molecular flexibility index (Phi) is 39.9. The second-order valence-corrected chi connectivity index (χ2v) is 31.7. The van der Waals surface area contributed by atoms with E-state index in [4.69, 9.17) is 9.47 Å². The molecule has 5 unspecified atom stereocenters. The van der Waals surface area contributed by atoms with E-state index in [0.29, 0.717) is 63.2 Å². The van der Waals surface area contributed by atoms with E-state index in [0.717, 1.165) is 56.6 Å². The van der Waals surface area contributed by atoms with E-state index >= 15 is 0 Å². The molecule has 0 heterocycles. The number of thioether (sulfide) groups is 5. The van der Waals surface area contributed by atoms with Gasteiger partial charge in [0.15, 0.2) is 11.9 Å². The van der Waals surface area contributed by atoms with Crippen molar-refractivity contribution in [1.29, 1.82) is 0 Å². The van der Waals surface area contributed by atoms with Gasteiger partial charge in [-0.2, -0.15) is 0 Å². The van der Waals surface area contributed by atoms with Crippen molar-refractivity contribution in [2.45, 2.75) is 242 Å². The molecule has 0 spiro atoms. The van der Waals surface area contributed by atoms with E-state index in [2.05, 4.69) is 250 Å². The minimum absolute atomic E-state index is 0.189. The van der Waals surface area contributed by atoms with Gasteiger partial charge in [-0.25, -0.2) is 4.79 Å². The zero-order chi connectivity index (χ0) is 70.8. The average molecular weight is 1420 g/mol. The van der Waals surface area contributed by atoms with E-state index in [1.54, 1.807) is 6.92 Å². The van der Waals surface area contributed by atoms with Gasteiger partial charge in [0.05, 0.1) is 34.4 Å². The molecular weight excluding hydrogens is 1300 g/mol. The second kappa shape index (κ2) is 48.1. The third kappa shape index (κ3) is 29.6. The van der Waals surface area contributed by atoms with Crippen molar-refractivity contribution >= 4 is 64.8 Å². The van der Waals surface area contributed by atoms with Crippen LogP contribution in [0.15, 0.2) is 146 Å². The van der Waals surface area contributed by atoms with E-state index in [-0.39, 0.29) is 6.61 Å². The number of rotatable bonds is 39. The summed E-state index contributed by atoms with van der Waals surface area (Å²) >= 11 is 9.60. The van der Waals surface area contributed by atoms with Crippen molar-refractivity contribution in [2.24, 2.45) is 29.6 Å². The quantitative estimate of drug-likeness (QED) is 0.0215. The standard InChI is InChI=1S/C91H114O3S5/c1-13-24-29-70(18-6)64-95-80-49-34-75(35-50-80)44-59-85-86(60-45-76-36-51-81(52-37-76)96-65-71(19-7)30-25-14-2)88(62-47-78-40-55-83(56-41-78)98-67-73(21-9)32-27-16-4)90(94-69(12)91(92)93-23-11)89(63-48-79-42-57-84(58-43-79)99-68-74(22-10)33-28-17-5)87(85)61-46-77-38-53-82(54-39-77)97-66-72(20-8)31-26-15-3/h34-43,49-58,69-74H,13-33,64-68H2,1-12H3/t69-,70?,71?,72?,73?,74?/m0/s1. The lowest BCUT2D eigenvalue weighted by Gasteiger charge is -2.20. The normalized spacial score (nSPS) is 12.7. The Bertz CT molecular complexity index is 3470. The Morgan fingerprint density at radius 1 is 0.313 bits per heavy atom. The van der Waals surface area contributed by atoms with Gasteiger partial charge in [-0.15, -0.1) is 58.8 Å². The van der Waals surface area contributed by atoms with Crippen LogP contribution < -0.4 is 4.74 Å². The van der Waals surface area contributed by atoms with Crippen LogP contribution in [0.25, 0.3) is 0 Å². The van der Waals surface area contributed by atoms with Crippen LogP contribution in [0.2, 0.25) is 0 Å². The summed E-state index contributed by atoms with van der Waals surface area (Å²) in [5, 5.41) is 0. The van der Waals surface area contributed by atoms with Gasteiger partial charge in [0.1, 0.15) is 0 Å². The van der Waals surface area contributed by atoms with Crippen molar-refractivity contribution in [1.82, 2.24) is 0 Å². The zero-order valence-corrected chi connectivity index (χ0v) is 66.2. The van der Waals surface area contributed by atoms with Gasteiger partial charge in [-0.05, 0) is 197 Å². The highest BCUT2D eigenvalue weighted by Gasteiger charge is 2.27. The lowest BCUT2D eigenvalue weighted by molar-refractivity contribution is -0.150. The lowest BCUT2D eigenvalue weighted by Crippen LogP contribution is -2.27. The van der Waals surface area contributed by atoms with Crippen LogP contribution in [0.1, 0.15) is 267 Å². The van der Waals surface area contributed by atoms with Gasteiger partial charge < -0.3 is 9.47 Å². The van der Waals surface area contributed by atoms with Gasteiger partial charge in [-0.3, -0.25) is 0 Å². The predicted octanol–water partition coefficient (Wildman–Crippen LogP) is 25.6. The van der Waals surface area contributed by atoms with Crippen molar-refractivity contribution in [2.75, 3.05) is 35.4 Å². The molecule has 0 saturated heterocycles. The van der Waals surface area contributed by atoms with Crippen molar-refractivity contribution in [3.8, 4) is 65.0 Å². The van der Waals surface area contributed by atoms with Gasteiger partial charge in [0.25, 0.3) is 0 Å². The summed E-state index contributed by atoms with van der Waals surface area (Å²) in [6.07, 6.45) is 23.4. The first-order valence-corrected chi connectivity index (χ1v) is 42.7. The number of hydrogen-bond donors (Lipinski definition) is 0. The lowest BCUT2D eigenvalue weighted by atomic mass is 9.89. The second-order valence-electron chi connectivity index (χ2n) is 26.2. The van der Waals surface area contributed by atoms with Crippen LogP contribution in [0, 0.1) is 88.8 Å². The number of benzene rings is 6. The Balaban J connectivity index is 1.68. The highest BCUT2D eigenvalue weighted by Crippen LogP contribution is 2.37. The predicted molar refractivity (Wildman–Crippen MR) is 435 cm³/mol. The summed E-state index contributed by atoms with van der Waals surface area (Å²) in [6.45, 7) is 26.7. The molecule has 0 radical (unpaired) electrons. The molecule has 0 amide bonds. The van der Waals surface area contributed by atoms with Crippen molar-refractivity contribution in [3.05, 3.63) is 177 Å². The van der Waals surface area contributed by atoms with Crippen LogP contribution in [0.5, 0.6) is 5.75 Å². The highest BCUT2D eigenvalue weighted by atomic mass is 32.2. The summed E-state index contributed by atoms with van der Waals surface area (Å²) in [5.41, 5.74) is 6.79. The first-order valence-electron chi connectivity index (χ1n) is 37.7. The number of unbranched alkanes of at least 4 members (excludes halogenated alkanes) is 5.